The molecular formula is C22H42O4. The second-order valence-electron chi connectivity index (χ2n) is 7.47. The average Bonchev–Trinajstić information content (AvgIpc) is 2.62. The van der Waals surface area contributed by atoms with Crippen molar-refractivity contribution in [2.45, 2.75) is 117 Å². The van der Waals surface area contributed by atoms with Crippen LogP contribution in [0.1, 0.15) is 117 Å². The van der Waals surface area contributed by atoms with Crippen LogP contribution in [0.5, 0.6) is 0 Å². The Labute approximate surface area is 161 Å². The monoisotopic (exact) mass is 370 g/mol. The van der Waals surface area contributed by atoms with Crippen molar-refractivity contribution in [3.8, 4) is 0 Å². The molecule has 0 amide bonds. The van der Waals surface area contributed by atoms with Gasteiger partial charge in [0.15, 0.2) is 0 Å². The number of carboxylic acid groups (broad SMARTS) is 1. The summed E-state index contributed by atoms with van der Waals surface area (Å²) in [7, 11) is 0. The summed E-state index contributed by atoms with van der Waals surface area (Å²) < 4.78 is 5.26. The zero-order chi connectivity index (χ0) is 19.5. The topological polar surface area (TPSA) is 63.6 Å². The van der Waals surface area contributed by atoms with E-state index in [4.69, 9.17) is 4.74 Å². The molecular weight excluding hydrogens is 328 g/mol. The molecule has 0 aliphatic heterocycles. The van der Waals surface area contributed by atoms with Crippen molar-refractivity contribution in [3.05, 3.63) is 0 Å². The summed E-state index contributed by atoms with van der Waals surface area (Å²) in [5.41, 5.74) is 0. The summed E-state index contributed by atoms with van der Waals surface area (Å²) in [5, 5.41) is 9.27. The van der Waals surface area contributed by atoms with Gasteiger partial charge in [0.05, 0.1) is 12.5 Å². The van der Waals surface area contributed by atoms with Gasteiger partial charge in [-0.2, -0.15) is 0 Å². The Morgan fingerprint density at radius 3 is 1.81 bits per heavy atom. The van der Waals surface area contributed by atoms with Crippen LogP contribution >= 0.6 is 0 Å². The minimum atomic E-state index is -0.728. The largest absolute Gasteiger partial charge is 0.481 e. The summed E-state index contributed by atoms with van der Waals surface area (Å²) in [6, 6.07) is 0. The van der Waals surface area contributed by atoms with Gasteiger partial charge in [0, 0.05) is 6.42 Å². The number of unbranched alkanes of at least 4 members (excludes halogenated alkanes) is 10. The van der Waals surface area contributed by atoms with Gasteiger partial charge in [0.25, 0.3) is 0 Å². The van der Waals surface area contributed by atoms with Crippen LogP contribution in [-0.4, -0.2) is 23.7 Å². The number of carbonyl (C=O) groups is 2. The predicted octanol–water partition coefficient (Wildman–Crippen LogP) is 6.51. The first kappa shape index (κ1) is 24.9. The Morgan fingerprint density at radius 2 is 1.23 bits per heavy atom. The van der Waals surface area contributed by atoms with E-state index in [0.717, 1.165) is 44.9 Å². The van der Waals surface area contributed by atoms with E-state index in [1.807, 2.05) is 0 Å². The molecule has 1 N–H and O–H groups in total. The van der Waals surface area contributed by atoms with Gasteiger partial charge >= 0.3 is 11.9 Å². The third kappa shape index (κ3) is 16.4. The lowest BCUT2D eigenvalue weighted by Gasteiger charge is -2.12. The minimum Gasteiger partial charge on any atom is -0.481 e. The van der Waals surface area contributed by atoms with Gasteiger partial charge in [-0.3, -0.25) is 9.59 Å². The van der Waals surface area contributed by atoms with Gasteiger partial charge in [-0.05, 0) is 25.7 Å². The van der Waals surface area contributed by atoms with Crippen molar-refractivity contribution in [1.29, 1.82) is 0 Å². The predicted molar refractivity (Wildman–Crippen MR) is 107 cm³/mol. The Hall–Kier alpha value is -1.06. The summed E-state index contributed by atoms with van der Waals surface area (Å²) in [6.07, 6.45) is 16.5. The molecule has 1 unspecified atom stereocenters. The summed E-state index contributed by atoms with van der Waals surface area (Å²) in [5.74, 6) is -1.22. The first-order chi connectivity index (χ1) is 12.6. The first-order valence-corrected chi connectivity index (χ1v) is 11.0. The van der Waals surface area contributed by atoms with Crippen LogP contribution in [0.2, 0.25) is 0 Å². The van der Waals surface area contributed by atoms with Gasteiger partial charge in [-0.15, -0.1) is 0 Å². The molecule has 0 aromatic carbocycles. The van der Waals surface area contributed by atoms with E-state index in [0.29, 0.717) is 25.9 Å². The molecule has 0 heterocycles. The van der Waals surface area contributed by atoms with E-state index < -0.39 is 5.97 Å². The quantitative estimate of drug-likeness (QED) is 0.208. The van der Waals surface area contributed by atoms with Crippen molar-refractivity contribution in [2.24, 2.45) is 5.92 Å². The van der Waals surface area contributed by atoms with Crippen molar-refractivity contribution in [2.75, 3.05) is 6.61 Å². The maximum atomic E-state index is 11.7. The van der Waals surface area contributed by atoms with Gasteiger partial charge < -0.3 is 9.84 Å². The lowest BCUT2D eigenvalue weighted by atomic mass is 9.95. The zero-order valence-corrected chi connectivity index (χ0v) is 17.3. The number of ether oxygens (including phenoxy) is 1. The molecule has 0 aromatic heterocycles. The number of esters is 1. The second-order valence-corrected chi connectivity index (χ2v) is 7.47. The molecule has 0 radical (unpaired) electrons. The minimum absolute atomic E-state index is 0.178. The molecule has 1 atom stereocenters. The standard InChI is InChI=1S/C22H42O4/c1-3-5-7-9-10-11-12-14-19-26-21(23)18-15-17-20(22(24)25)16-13-8-6-4-2/h20H,3-19H2,1-2H3,(H,24,25). The molecule has 0 aliphatic rings. The van der Waals surface area contributed by atoms with E-state index in [-0.39, 0.29) is 11.9 Å². The maximum absolute atomic E-state index is 11.7. The molecule has 154 valence electrons. The number of carbonyl (C=O) groups excluding carboxylic acids is 1. The molecule has 0 aliphatic carbocycles. The highest BCUT2D eigenvalue weighted by Crippen LogP contribution is 2.18. The molecule has 0 saturated carbocycles. The van der Waals surface area contributed by atoms with Crippen molar-refractivity contribution >= 4 is 11.9 Å². The fourth-order valence-electron chi connectivity index (χ4n) is 3.20. The van der Waals surface area contributed by atoms with Gasteiger partial charge in [-0.25, -0.2) is 0 Å². The van der Waals surface area contributed by atoms with Crippen molar-refractivity contribution < 1.29 is 19.4 Å². The SMILES string of the molecule is CCCCCCCCCCOC(=O)CCCC(CCCCCC)C(=O)O. The molecule has 0 aromatic rings. The van der Waals surface area contributed by atoms with Crippen LogP contribution in [-0.2, 0) is 14.3 Å². The number of hydrogen-bond acceptors (Lipinski definition) is 3. The third-order valence-electron chi connectivity index (χ3n) is 4.95. The van der Waals surface area contributed by atoms with E-state index in [2.05, 4.69) is 13.8 Å². The molecule has 0 bridgehead atoms. The highest BCUT2D eigenvalue weighted by atomic mass is 16.5. The number of hydrogen-bond donors (Lipinski definition) is 1. The van der Waals surface area contributed by atoms with Crippen LogP contribution < -0.4 is 0 Å². The fraction of sp³-hybridized carbons (Fsp3) is 0.909. The fourth-order valence-corrected chi connectivity index (χ4v) is 3.20. The Balaban J connectivity index is 3.57. The normalized spacial score (nSPS) is 12.1. The van der Waals surface area contributed by atoms with Crippen LogP contribution in [0, 0.1) is 5.92 Å². The van der Waals surface area contributed by atoms with Gasteiger partial charge in [-0.1, -0.05) is 84.5 Å². The molecule has 0 fully saturated rings. The lowest BCUT2D eigenvalue weighted by Crippen LogP contribution is -2.14. The van der Waals surface area contributed by atoms with E-state index in [1.54, 1.807) is 0 Å². The zero-order valence-electron chi connectivity index (χ0n) is 17.3. The maximum Gasteiger partial charge on any atom is 0.306 e. The molecule has 4 nitrogen and oxygen atoms in total. The Bertz CT molecular complexity index is 341. The van der Waals surface area contributed by atoms with E-state index in [1.165, 1.54) is 38.5 Å². The molecule has 26 heavy (non-hydrogen) atoms. The Kier molecular flexibility index (Phi) is 18.0. The summed E-state index contributed by atoms with van der Waals surface area (Å²) in [4.78, 5) is 23.0. The average molecular weight is 371 g/mol. The molecule has 0 rings (SSSR count). The van der Waals surface area contributed by atoms with Crippen LogP contribution in [0.3, 0.4) is 0 Å². The van der Waals surface area contributed by atoms with E-state index >= 15 is 0 Å². The second kappa shape index (κ2) is 18.7. The number of aliphatic carboxylic acids is 1. The van der Waals surface area contributed by atoms with Crippen LogP contribution in [0.15, 0.2) is 0 Å². The summed E-state index contributed by atoms with van der Waals surface area (Å²) in [6.45, 7) is 4.88. The summed E-state index contributed by atoms with van der Waals surface area (Å²) >= 11 is 0. The highest BCUT2D eigenvalue weighted by Gasteiger charge is 2.17. The van der Waals surface area contributed by atoms with Crippen LogP contribution in [0.4, 0.5) is 0 Å². The highest BCUT2D eigenvalue weighted by molar-refractivity contribution is 5.71. The van der Waals surface area contributed by atoms with Gasteiger partial charge in [0.1, 0.15) is 0 Å². The lowest BCUT2D eigenvalue weighted by molar-refractivity contribution is -0.145. The molecule has 0 saturated heterocycles. The Morgan fingerprint density at radius 1 is 0.731 bits per heavy atom. The first-order valence-electron chi connectivity index (χ1n) is 11.0. The molecule has 0 spiro atoms. The van der Waals surface area contributed by atoms with Crippen molar-refractivity contribution in [1.82, 2.24) is 0 Å². The number of rotatable bonds is 19. The molecule has 4 heteroatoms. The van der Waals surface area contributed by atoms with Gasteiger partial charge in [0.2, 0.25) is 0 Å². The van der Waals surface area contributed by atoms with E-state index in [9.17, 15) is 14.7 Å². The van der Waals surface area contributed by atoms with Crippen LogP contribution in [0.25, 0.3) is 0 Å². The smallest absolute Gasteiger partial charge is 0.306 e. The third-order valence-corrected chi connectivity index (χ3v) is 4.95. The van der Waals surface area contributed by atoms with Crippen molar-refractivity contribution in [3.63, 3.8) is 0 Å². The number of carboxylic acids is 1.